The predicted octanol–water partition coefficient (Wildman–Crippen LogP) is 3.04. The Morgan fingerprint density at radius 3 is 2.46 bits per heavy atom. The zero-order chi connectivity index (χ0) is 18.1. The molecule has 2 saturated heterocycles. The normalized spacial score (nSPS) is 18.5. The molecule has 0 spiro atoms. The summed E-state index contributed by atoms with van der Waals surface area (Å²) in [5, 5.41) is 9.22. The van der Waals surface area contributed by atoms with E-state index in [-0.39, 0.29) is 17.7 Å². The van der Waals surface area contributed by atoms with Crippen molar-refractivity contribution in [2.24, 2.45) is 0 Å². The first-order valence-electron chi connectivity index (χ1n) is 9.30. The maximum Gasteiger partial charge on any atom is 0.263 e. The lowest BCUT2D eigenvalue weighted by atomic mass is 9.91. The highest BCUT2D eigenvalue weighted by molar-refractivity contribution is 7.12. The Morgan fingerprint density at radius 2 is 1.81 bits per heavy atom. The molecule has 26 heavy (non-hydrogen) atoms. The number of rotatable bonds is 3. The molecule has 0 atom stereocenters. The van der Waals surface area contributed by atoms with E-state index < -0.39 is 0 Å². The molecule has 2 fully saturated rings. The standard InChI is InChI=1S/C19H24N4O2S/c1-13-10-16(26-12-13)19(25)23-8-4-14(5-9-23)17-15(11-20-21-17)18(24)22-6-2-3-7-22/h10-12,14H,2-9H2,1H3,(H,20,21). The zero-order valence-corrected chi connectivity index (χ0v) is 15.8. The van der Waals surface area contributed by atoms with Crippen molar-refractivity contribution in [1.82, 2.24) is 20.0 Å². The third kappa shape index (κ3) is 3.28. The highest BCUT2D eigenvalue weighted by Gasteiger charge is 2.30. The van der Waals surface area contributed by atoms with Gasteiger partial charge >= 0.3 is 0 Å². The van der Waals surface area contributed by atoms with E-state index in [1.54, 1.807) is 6.20 Å². The van der Waals surface area contributed by atoms with Crippen LogP contribution in [-0.2, 0) is 0 Å². The number of hydrogen-bond donors (Lipinski definition) is 1. The molecular weight excluding hydrogens is 348 g/mol. The van der Waals surface area contributed by atoms with E-state index in [1.165, 1.54) is 11.3 Å². The van der Waals surface area contributed by atoms with Crippen molar-refractivity contribution in [3.8, 4) is 0 Å². The molecule has 2 aliphatic heterocycles. The Morgan fingerprint density at radius 1 is 1.12 bits per heavy atom. The number of thiophene rings is 1. The Kier molecular flexibility index (Phi) is 4.80. The van der Waals surface area contributed by atoms with Gasteiger partial charge in [-0.15, -0.1) is 11.3 Å². The first-order valence-corrected chi connectivity index (χ1v) is 10.2. The monoisotopic (exact) mass is 372 g/mol. The van der Waals surface area contributed by atoms with Crippen LogP contribution in [0, 0.1) is 6.92 Å². The number of aromatic nitrogens is 2. The van der Waals surface area contributed by atoms with Gasteiger partial charge in [0.2, 0.25) is 0 Å². The number of likely N-dealkylation sites (tertiary alicyclic amines) is 2. The molecule has 0 unspecified atom stereocenters. The van der Waals surface area contributed by atoms with Crippen molar-refractivity contribution in [3.63, 3.8) is 0 Å². The third-order valence-electron chi connectivity index (χ3n) is 5.42. The first-order chi connectivity index (χ1) is 12.6. The molecule has 2 amide bonds. The van der Waals surface area contributed by atoms with Crippen molar-refractivity contribution < 1.29 is 9.59 Å². The van der Waals surface area contributed by atoms with E-state index in [1.807, 2.05) is 28.2 Å². The number of H-pyrrole nitrogens is 1. The van der Waals surface area contributed by atoms with Gasteiger partial charge in [0.1, 0.15) is 0 Å². The minimum atomic E-state index is 0.0961. The van der Waals surface area contributed by atoms with Crippen molar-refractivity contribution in [3.05, 3.63) is 39.3 Å². The van der Waals surface area contributed by atoms with Crippen molar-refractivity contribution in [2.75, 3.05) is 26.2 Å². The fourth-order valence-electron chi connectivity index (χ4n) is 3.94. The molecule has 4 rings (SSSR count). The van der Waals surface area contributed by atoms with Crippen molar-refractivity contribution >= 4 is 23.2 Å². The average Bonchev–Trinajstić information content (AvgIpc) is 3.41. The highest BCUT2D eigenvalue weighted by Crippen LogP contribution is 2.31. The SMILES string of the molecule is Cc1csc(C(=O)N2CCC(c3[nH]ncc3C(=O)N3CCCC3)CC2)c1. The van der Waals surface area contributed by atoms with Gasteiger partial charge in [0, 0.05) is 32.1 Å². The van der Waals surface area contributed by atoms with Crippen LogP contribution in [0.2, 0.25) is 0 Å². The van der Waals surface area contributed by atoms with E-state index in [9.17, 15) is 9.59 Å². The molecule has 138 valence electrons. The van der Waals surface area contributed by atoms with Gasteiger partial charge < -0.3 is 9.80 Å². The minimum absolute atomic E-state index is 0.0961. The number of hydrogen-bond acceptors (Lipinski definition) is 4. The summed E-state index contributed by atoms with van der Waals surface area (Å²) < 4.78 is 0. The van der Waals surface area contributed by atoms with Gasteiger partial charge in [-0.05, 0) is 49.6 Å². The number of aryl methyl sites for hydroxylation is 1. The van der Waals surface area contributed by atoms with Crippen LogP contribution in [0.4, 0.5) is 0 Å². The molecule has 1 N–H and O–H groups in total. The lowest BCUT2D eigenvalue weighted by Gasteiger charge is -2.31. The number of piperidine rings is 1. The van der Waals surface area contributed by atoms with Crippen LogP contribution >= 0.6 is 11.3 Å². The van der Waals surface area contributed by atoms with Gasteiger partial charge in [0.25, 0.3) is 11.8 Å². The van der Waals surface area contributed by atoms with Gasteiger partial charge in [0.05, 0.1) is 22.3 Å². The number of carbonyl (C=O) groups excluding carboxylic acids is 2. The van der Waals surface area contributed by atoms with Gasteiger partial charge in [0.15, 0.2) is 0 Å². The van der Waals surface area contributed by atoms with E-state index in [0.717, 1.165) is 68.0 Å². The molecule has 0 radical (unpaired) electrons. The van der Waals surface area contributed by atoms with Gasteiger partial charge in [-0.2, -0.15) is 5.10 Å². The summed E-state index contributed by atoms with van der Waals surface area (Å²) in [5.74, 6) is 0.478. The molecule has 4 heterocycles. The smallest absolute Gasteiger partial charge is 0.263 e. The van der Waals surface area contributed by atoms with E-state index in [4.69, 9.17) is 0 Å². The summed E-state index contributed by atoms with van der Waals surface area (Å²) >= 11 is 1.51. The molecule has 7 heteroatoms. The zero-order valence-electron chi connectivity index (χ0n) is 15.0. The summed E-state index contributed by atoms with van der Waals surface area (Å²) in [6, 6.07) is 1.96. The van der Waals surface area contributed by atoms with Crippen LogP contribution in [0.15, 0.2) is 17.6 Å². The molecule has 2 aromatic rings. The molecule has 0 bridgehead atoms. The molecule has 2 aromatic heterocycles. The second-order valence-electron chi connectivity index (χ2n) is 7.25. The summed E-state index contributed by atoms with van der Waals surface area (Å²) in [5.41, 5.74) is 2.79. The Labute approximate surface area is 157 Å². The maximum atomic E-state index is 12.7. The lowest BCUT2D eigenvalue weighted by Crippen LogP contribution is -2.38. The topological polar surface area (TPSA) is 69.3 Å². The van der Waals surface area contributed by atoms with E-state index in [0.29, 0.717) is 5.56 Å². The molecule has 0 aromatic carbocycles. The Balaban J connectivity index is 1.42. The minimum Gasteiger partial charge on any atom is -0.339 e. The fraction of sp³-hybridized carbons (Fsp3) is 0.526. The van der Waals surface area contributed by atoms with Gasteiger partial charge in [-0.3, -0.25) is 14.7 Å². The lowest BCUT2D eigenvalue weighted by molar-refractivity contribution is 0.0712. The Bertz CT molecular complexity index is 798. The van der Waals surface area contributed by atoms with Crippen LogP contribution in [0.5, 0.6) is 0 Å². The predicted molar refractivity (Wildman–Crippen MR) is 101 cm³/mol. The maximum absolute atomic E-state index is 12.7. The number of aromatic amines is 1. The number of nitrogens with zero attached hydrogens (tertiary/aromatic N) is 3. The number of nitrogens with one attached hydrogen (secondary N) is 1. The second-order valence-corrected chi connectivity index (χ2v) is 8.16. The quantitative estimate of drug-likeness (QED) is 0.900. The van der Waals surface area contributed by atoms with Gasteiger partial charge in [-0.25, -0.2) is 0 Å². The highest BCUT2D eigenvalue weighted by atomic mass is 32.1. The van der Waals surface area contributed by atoms with Gasteiger partial charge in [-0.1, -0.05) is 0 Å². The van der Waals surface area contributed by atoms with Crippen LogP contribution in [0.25, 0.3) is 0 Å². The molecule has 0 aliphatic carbocycles. The molecular formula is C19H24N4O2S. The molecule has 0 saturated carbocycles. The van der Waals surface area contributed by atoms with Crippen LogP contribution < -0.4 is 0 Å². The van der Waals surface area contributed by atoms with Crippen LogP contribution in [0.3, 0.4) is 0 Å². The van der Waals surface area contributed by atoms with Crippen molar-refractivity contribution in [1.29, 1.82) is 0 Å². The summed E-state index contributed by atoms with van der Waals surface area (Å²) in [6.45, 7) is 5.14. The number of amides is 2. The van der Waals surface area contributed by atoms with Crippen LogP contribution in [-0.4, -0.2) is 58.0 Å². The summed E-state index contributed by atoms with van der Waals surface area (Å²) in [7, 11) is 0. The van der Waals surface area contributed by atoms with E-state index >= 15 is 0 Å². The molecule has 2 aliphatic rings. The largest absolute Gasteiger partial charge is 0.339 e. The van der Waals surface area contributed by atoms with E-state index in [2.05, 4.69) is 10.2 Å². The molecule has 6 nitrogen and oxygen atoms in total. The summed E-state index contributed by atoms with van der Waals surface area (Å²) in [6.07, 6.45) is 5.56. The second kappa shape index (κ2) is 7.23. The fourth-order valence-corrected chi connectivity index (χ4v) is 4.80. The summed E-state index contributed by atoms with van der Waals surface area (Å²) in [4.78, 5) is 30.0. The third-order valence-corrected chi connectivity index (χ3v) is 6.46. The first kappa shape index (κ1) is 17.3. The van der Waals surface area contributed by atoms with Crippen LogP contribution in [0.1, 0.15) is 62.9 Å². The Hall–Kier alpha value is -2.15. The number of carbonyl (C=O) groups is 2. The van der Waals surface area contributed by atoms with Crippen molar-refractivity contribution in [2.45, 2.75) is 38.5 Å². The average molecular weight is 372 g/mol.